The molecule has 1 N–H and O–H groups in total. The van der Waals surface area contributed by atoms with E-state index in [4.69, 9.17) is 9.15 Å². The Morgan fingerprint density at radius 2 is 2.04 bits per heavy atom. The van der Waals surface area contributed by atoms with Crippen LogP contribution in [0.25, 0.3) is 21.0 Å². The molecule has 3 heterocycles. The van der Waals surface area contributed by atoms with Crippen LogP contribution in [0.4, 0.5) is 0 Å². The lowest BCUT2D eigenvalue weighted by Gasteiger charge is -2.12. The first-order valence-electron chi connectivity index (χ1n) is 8.57. The van der Waals surface area contributed by atoms with E-state index in [-0.39, 0.29) is 11.7 Å². The summed E-state index contributed by atoms with van der Waals surface area (Å²) in [4.78, 5) is 29.9. The Balaban J connectivity index is 1.39. The monoisotopic (exact) mass is 412 g/mol. The second-order valence-electron chi connectivity index (χ2n) is 6.00. The number of thiazole rings is 1. The van der Waals surface area contributed by atoms with Crippen molar-refractivity contribution in [2.45, 2.75) is 19.6 Å². The van der Waals surface area contributed by atoms with Crippen LogP contribution in [-0.2, 0) is 16.1 Å². The van der Waals surface area contributed by atoms with Gasteiger partial charge in [0.05, 0.1) is 16.8 Å². The molecule has 0 unspecified atom stereocenters. The van der Waals surface area contributed by atoms with Gasteiger partial charge in [0.1, 0.15) is 0 Å². The summed E-state index contributed by atoms with van der Waals surface area (Å²) in [5, 5.41) is 5.36. The van der Waals surface area contributed by atoms with Crippen molar-refractivity contribution in [1.82, 2.24) is 10.3 Å². The number of thiophene rings is 1. The van der Waals surface area contributed by atoms with Crippen molar-refractivity contribution < 1.29 is 18.7 Å². The molecule has 0 fully saturated rings. The lowest BCUT2D eigenvalue weighted by atomic mass is 10.3. The summed E-state index contributed by atoms with van der Waals surface area (Å²) in [5.41, 5.74) is 0.874. The van der Waals surface area contributed by atoms with Crippen molar-refractivity contribution in [2.75, 3.05) is 0 Å². The van der Waals surface area contributed by atoms with Gasteiger partial charge in [0.2, 0.25) is 5.76 Å². The number of fused-ring (bicyclic) bond motifs is 1. The Labute approximate surface area is 168 Å². The standard InChI is InChI=1S/C20H16N2O4S2/c1-12(18(23)21-11-13-5-4-10-27-13)25-20(24)16-9-8-15(26-16)19-22-14-6-2-3-7-17(14)28-19/h2-10,12H,11H2,1H3,(H,21,23)/t12-/m0/s1. The Hall–Kier alpha value is -2.97. The van der Waals surface area contributed by atoms with E-state index in [9.17, 15) is 9.59 Å². The molecule has 0 radical (unpaired) electrons. The third-order valence-corrected chi connectivity index (χ3v) is 5.91. The highest BCUT2D eigenvalue weighted by Gasteiger charge is 2.22. The minimum absolute atomic E-state index is 0.0344. The quantitative estimate of drug-likeness (QED) is 0.472. The third kappa shape index (κ3) is 3.97. The predicted molar refractivity (Wildman–Crippen MR) is 108 cm³/mol. The number of amides is 1. The van der Waals surface area contributed by atoms with Crippen LogP contribution >= 0.6 is 22.7 Å². The number of para-hydroxylation sites is 1. The number of rotatable bonds is 6. The highest BCUT2D eigenvalue weighted by Crippen LogP contribution is 2.31. The minimum atomic E-state index is -0.927. The van der Waals surface area contributed by atoms with E-state index < -0.39 is 12.1 Å². The van der Waals surface area contributed by atoms with Gasteiger partial charge in [0.15, 0.2) is 16.9 Å². The Kier molecular flexibility index (Phi) is 5.23. The molecule has 0 spiro atoms. The number of furan rings is 1. The van der Waals surface area contributed by atoms with Crippen molar-refractivity contribution in [3.05, 3.63) is 64.5 Å². The molecule has 142 valence electrons. The largest absolute Gasteiger partial charge is 0.447 e. The average molecular weight is 412 g/mol. The zero-order chi connectivity index (χ0) is 19.5. The summed E-state index contributed by atoms with van der Waals surface area (Å²) in [6.45, 7) is 1.93. The van der Waals surface area contributed by atoms with Gasteiger partial charge in [-0.15, -0.1) is 22.7 Å². The van der Waals surface area contributed by atoms with Gasteiger partial charge in [0, 0.05) is 4.88 Å². The molecule has 6 nitrogen and oxygen atoms in total. The normalized spacial score (nSPS) is 12.0. The lowest BCUT2D eigenvalue weighted by molar-refractivity contribution is -0.129. The van der Waals surface area contributed by atoms with E-state index >= 15 is 0 Å². The molecule has 28 heavy (non-hydrogen) atoms. The van der Waals surface area contributed by atoms with E-state index in [0.717, 1.165) is 15.1 Å². The van der Waals surface area contributed by atoms with E-state index in [1.807, 2.05) is 41.8 Å². The van der Waals surface area contributed by atoms with Crippen LogP contribution in [0.1, 0.15) is 22.4 Å². The molecular formula is C20H16N2O4S2. The number of nitrogens with one attached hydrogen (secondary N) is 1. The number of carbonyl (C=O) groups is 2. The second kappa shape index (κ2) is 7.95. The average Bonchev–Trinajstić information content (AvgIpc) is 3.45. The van der Waals surface area contributed by atoms with Crippen LogP contribution < -0.4 is 5.32 Å². The van der Waals surface area contributed by atoms with Crippen LogP contribution in [-0.4, -0.2) is 23.0 Å². The number of hydrogen-bond donors (Lipinski definition) is 1. The molecule has 0 saturated carbocycles. The Morgan fingerprint density at radius 3 is 2.82 bits per heavy atom. The zero-order valence-electron chi connectivity index (χ0n) is 14.9. The van der Waals surface area contributed by atoms with Gasteiger partial charge in [0.25, 0.3) is 5.91 Å². The highest BCUT2D eigenvalue weighted by molar-refractivity contribution is 7.21. The first-order chi connectivity index (χ1) is 13.6. The van der Waals surface area contributed by atoms with E-state index in [2.05, 4.69) is 10.3 Å². The molecule has 0 aliphatic rings. The summed E-state index contributed by atoms with van der Waals surface area (Å²) in [6.07, 6.45) is -0.927. The molecule has 1 atom stereocenters. The maximum Gasteiger partial charge on any atom is 0.375 e. The van der Waals surface area contributed by atoms with Gasteiger partial charge in [-0.25, -0.2) is 9.78 Å². The van der Waals surface area contributed by atoms with Crippen LogP contribution in [0, 0.1) is 0 Å². The fraction of sp³-hybridized carbons (Fsp3) is 0.150. The predicted octanol–water partition coefficient (Wildman–Crippen LogP) is 4.48. The first-order valence-corrected chi connectivity index (χ1v) is 10.3. The summed E-state index contributed by atoms with van der Waals surface area (Å²) >= 11 is 3.03. The van der Waals surface area contributed by atoms with Crippen molar-refractivity contribution >= 4 is 44.8 Å². The number of hydrogen-bond acceptors (Lipinski definition) is 7. The summed E-state index contributed by atoms with van der Waals surface area (Å²) in [6, 6.07) is 14.8. The fourth-order valence-corrected chi connectivity index (χ4v) is 4.12. The number of nitrogens with zero attached hydrogens (tertiary/aromatic N) is 1. The van der Waals surface area contributed by atoms with Gasteiger partial charge in [-0.05, 0) is 42.6 Å². The third-order valence-electron chi connectivity index (χ3n) is 3.98. The van der Waals surface area contributed by atoms with Crippen LogP contribution in [0.5, 0.6) is 0 Å². The van der Waals surface area contributed by atoms with Crippen LogP contribution in [0.15, 0.2) is 58.3 Å². The Morgan fingerprint density at radius 1 is 1.18 bits per heavy atom. The first kappa shape index (κ1) is 18.4. The molecule has 0 saturated heterocycles. The molecule has 8 heteroatoms. The Bertz CT molecular complexity index is 1080. The molecule has 4 rings (SSSR count). The number of aromatic nitrogens is 1. The summed E-state index contributed by atoms with van der Waals surface area (Å²) < 4.78 is 11.9. The molecule has 3 aromatic heterocycles. The second-order valence-corrected chi connectivity index (χ2v) is 8.06. The van der Waals surface area contributed by atoms with E-state index in [0.29, 0.717) is 17.3 Å². The molecule has 1 amide bonds. The lowest BCUT2D eigenvalue weighted by Crippen LogP contribution is -2.35. The summed E-state index contributed by atoms with van der Waals surface area (Å²) in [5.74, 6) is -0.527. The van der Waals surface area contributed by atoms with Gasteiger partial charge < -0.3 is 14.5 Å². The molecular weight excluding hydrogens is 396 g/mol. The maximum absolute atomic E-state index is 12.3. The number of esters is 1. The minimum Gasteiger partial charge on any atom is -0.447 e. The van der Waals surface area contributed by atoms with Crippen molar-refractivity contribution in [1.29, 1.82) is 0 Å². The fourth-order valence-electron chi connectivity index (χ4n) is 2.54. The molecule has 4 aromatic rings. The van der Waals surface area contributed by atoms with Crippen LogP contribution in [0.2, 0.25) is 0 Å². The van der Waals surface area contributed by atoms with E-state index in [1.165, 1.54) is 24.3 Å². The van der Waals surface area contributed by atoms with Crippen molar-refractivity contribution in [3.8, 4) is 10.8 Å². The molecule has 0 aliphatic heterocycles. The smallest absolute Gasteiger partial charge is 0.375 e. The topological polar surface area (TPSA) is 81.4 Å². The van der Waals surface area contributed by atoms with Gasteiger partial charge in [-0.3, -0.25) is 4.79 Å². The molecule has 0 aliphatic carbocycles. The number of ether oxygens (including phenoxy) is 1. The molecule has 0 bridgehead atoms. The number of carbonyl (C=O) groups excluding carboxylic acids is 2. The number of benzene rings is 1. The van der Waals surface area contributed by atoms with Gasteiger partial charge >= 0.3 is 5.97 Å². The SMILES string of the molecule is C[C@H](OC(=O)c1ccc(-c2nc3ccccc3s2)o1)C(=O)NCc1cccs1. The van der Waals surface area contributed by atoms with E-state index in [1.54, 1.807) is 17.4 Å². The molecule has 1 aromatic carbocycles. The van der Waals surface area contributed by atoms with Gasteiger partial charge in [-0.1, -0.05) is 18.2 Å². The van der Waals surface area contributed by atoms with Crippen molar-refractivity contribution in [3.63, 3.8) is 0 Å². The maximum atomic E-state index is 12.3. The highest BCUT2D eigenvalue weighted by atomic mass is 32.1. The summed E-state index contributed by atoms with van der Waals surface area (Å²) in [7, 11) is 0. The van der Waals surface area contributed by atoms with Crippen LogP contribution in [0.3, 0.4) is 0 Å². The zero-order valence-corrected chi connectivity index (χ0v) is 16.5. The van der Waals surface area contributed by atoms with Gasteiger partial charge in [-0.2, -0.15) is 0 Å². The van der Waals surface area contributed by atoms with Crippen molar-refractivity contribution in [2.24, 2.45) is 0 Å².